The standard InChI is InChI=1S/C31H34S2/c1-2-3-4-8-11-26-17-24-14-12-22-20-29-23(19-28(22)30(24)32-26)13-15-25-18-27(33-31(25)29)16-21-9-6-5-7-10-21/h12-15,17-21H,2-11,16H2,1H3. The van der Waals surface area contributed by atoms with Crippen molar-refractivity contribution in [3.05, 3.63) is 58.3 Å². The topological polar surface area (TPSA) is 0 Å². The number of rotatable bonds is 7. The van der Waals surface area contributed by atoms with E-state index in [4.69, 9.17) is 0 Å². The lowest BCUT2D eigenvalue weighted by atomic mass is 9.86. The minimum Gasteiger partial charge on any atom is -0.140 e. The predicted molar refractivity (Wildman–Crippen MR) is 150 cm³/mol. The third kappa shape index (κ3) is 4.33. The molecule has 0 unspecified atom stereocenters. The van der Waals surface area contributed by atoms with Gasteiger partial charge in [0.25, 0.3) is 0 Å². The van der Waals surface area contributed by atoms with Crippen LogP contribution in [0, 0.1) is 5.92 Å². The van der Waals surface area contributed by atoms with Crippen LogP contribution in [-0.2, 0) is 12.8 Å². The van der Waals surface area contributed by atoms with E-state index in [0.29, 0.717) is 0 Å². The second-order valence-corrected chi connectivity index (χ2v) is 12.5. The zero-order chi connectivity index (χ0) is 22.2. The van der Waals surface area contributed by atoms with E-state index in [0.717, 1.165) is 5.92 Å². The van der Waals surface area contributed by atoms with Gasteiger partial charge in [0.1, 0.15) is 0 Å². The number of benzene rings is 3. The molecular formula is C31H34S2. The summed E-state index contributed by atoms with van der Waals surface area (Å²) in [5.41, 5.74) is 0. The van der Waals surface area contributed by atoms with E-state index in [1.165, 1.54) is 112 Å². The highest BCUT2D eigenvalue weighted by molar-refractivity contribution is 7.20. The maximum Gasteiger partial charge on any atom is 0.0424 e. The highest BCUT2D eigenvalue weighted by Gasteiger charge is 2.16. The van der Waals surface area contributed by atoms with E-state index in [2.05, 4.69) is 66.8 Å². The van der Waals surface area contributed by atoms with Gasteiger partial charge in [0.15, 0.2) is 0 Å². The number of hydrogen-bond acceptors (Lipinski definition) is 2. The Balaban J connectivity index is 1.37. The Hall–Kier alpha value is -1.90. The Morgan fingerprint density at radius 2 is 1.27 bits per heavy atom. The molecule has 5 aromatic rings. The Labute approximate surface area is 205 Å². The molecule has 2 aromatic heterocycles. The van der Waals surface area contributed by atoms with Crippen molar-refractivity contribution in [2.45, 2.75) is 77.6 Å². The van der Waals surface area contributed by atoms with Crippen LogP contribution in [0.4, 0.5) is 0 Å². The van der Waals surface area contributed by atoms with Crippen molar-refractivity contribution < 1.29 is 0 Å². The van der Waals surface area contributed by atoms with Crippen molar-refractivity contribution >= 4 is 64.4 Å². The van der Waals surface area contributed by atoms with E-state index < -0.39 is 0 Å². The van der Waals surface area contributed by atoms with Crippen LogP contribution >= 0.6 is 22.7 Å². The van der Waals surface area contributed by atoms with Gasteiger partial charge in [-0.3, -0.25) is 0 Å². The van der Waals surface area contributed by atoms with Gasteiger partial charge >= 0.3 is 0 Å². The van der Waals surface area contributed by atoms with Crippen molar-refractivity contribution in [2.24, 2.45) is 5.92 Å². The first-order valence-electron chi connectivity index (χ1n) is 13.1. The van der Waals surface area contributed by atoms with Gasteiger partial charge in [0.05, 0.1) is 0 Å². The monoisotopic (exact) mass is 470 g/mol. The summed E-state index contributed by atoms with van der Waals surface area (Å²) < 4.78 is 2.97. The second kappa shape index (κ2) is 9.39. The first-order chi connectivity index (χ1) is 16.3. The third-order valence-corrected chi connectivity index (χ3v) is 10.2. The summed E-state index contributed by atoms with van der Waals surface area (Å²) in [6, 6.07) is 19.3. The summed E-state index contributed by atoms with van der Waals surface area (Å²) in [7, 11) is 0. The fourth-order valence-corrected chi connectivity index (χ4v) is 8.40. The van der Waals surface area contributed by atoms with Crippen molar-refractivity contribution in [1.29, 1.82) is 0 Å². The van der Waals surface area contributed by atoms with Gasteiger partial charge in [-0.1, -0.05) is 82.6 Å². The van der Waals surface area contributed by atoms with E-state index in [9.17, 15) is 0 Å². The SMILES string of the molecule is CCCCCCc1cc2ccc3cc4c(ccc5cc(CC6CCCCC6)sc54)cc3c2s1. The van der Waals surface area contributed by atoms with E-state index >= 15 is 0 Å². The van der Waals surface area contributed by atoms with Gasteiger partial charge < -0.3 is 0 Å². The summed E-state index contributed by atoms with van der Waals surface area (Å²) >= 11 is 4.08. The summed E-state index contributed by atoms with van der Waals surface area (Å²) in [5, 5.41) is 8.52. The summed E-state index contributed by atoms with van der Waals surface area (Å²) in [6.45, 7) is 2.29. The molecular weight excluding hydrogens is 436 g/mol. The zero-order valence-corrected chi connectivity index (χ0v) is 21.4. The molecule has 0 spiro atoms. The molecule has 170 valence electrons. The number of fused-ring (bicyclic) bond motifs is 6. The van der Waals surface area contributed by atoms with Gasteiger partial charge in [-0.25, -0.2) is 0 Å². The Bertz CT molecular complexity index is 1410. The molecule has 2 heterocycles. The molecule has 2 heteroatoms. The van der Waals surface area contributed by atoms with Crippen LogP contribution < -0.4 is 0 Å². The molecule has 0 aliphatic heterocycles. The number of thiophene rings is 2. The molecule has 0 amide bonds. The summed E-state index contributed by atoms with van der Waals surface area (Å²) in [5.74, 6) is 0.905. The summed E-state index contributed by atoms with van der Waals surface area (Å²) in [6.07, 6.45) is 15.0. The van der Waals surface area contributed by atoms with Crippen LogP contribution in [0.1, 0.15) is 74.5 Å². The Morgan fingerprint density at radius 1 is 0.667 bits per heavy atom. The third-order valence-electron chi connectivity index (χ3n) is 7.71. The maximum atomic E-state index is 2.48. The number of aryl methyl sites for hydroxylation is 1. The molecule has 0 atom stereocenters. The summed E-state index contributed by atoms with van der Waals surface area (Å²) in [4.78, 5) is 3.14. The van der Waals surface area contributed by atoms with E-state index in [1.807, 2.05) is 11.3 Å². The molecule has 0 saturated heterocycles. The smallest absolute Gasteiger partial charge is 0.0424 e. The Morgan fingerprint density at radius 3 is 1.94 bits per heavy atom. The fourth-order valence-electron chi connectivity index (χ4n) is 5.87. The van der Waals surface area contributed by atoms with Crippen LogP contribution in [0.25, 0.3) is 41.7 Å². The molecule has 1 saturated carbocycles. The Kier molecular flexibility index (Phi) is 6.15. The highest BCUT2D eigenvalue weighted by Crippen LogP contribution is 2.40. The normalized spacial score (nSPS) is 15.4. The van der Waals surface area contributed by atoms with Crippen LogP contribution in [0.15, 0.2) is 48.5 Å². The highest BCUT2D eigenvalue weighted by atomic mass is 32.1. The molecule has 0 bridgehead atoms. The molecule has 0 nitrogen and oxygen atoms in total. The molecule has 3 aromatic carbocycles. The van der Waals surface area contributed by atoms with Gasteiger partial charge in [-0.2, -0.15) is 0 Å². The molecule has 1 aliphatic rings. The largest absolute Gasteiger partial charge is 0.140 e. The number of unbranched alkanes of at least 4 members (excludes halogenated alkanes) is 3. The maximum absolute atomic E-state index is 2.48. The van der Waals surface area contributed by atoms with Gasteiger partial charge in [0.2, 0.25) is 0 Å². The van der Waals surface area contributed by atoms with Gasteiger partial charge in [-0.05, 0) is 71.0 Å². The first-order valence-corrected chi connectivity index (χ1v) is 14.7. The lowest BCUT2D eigenvalue weighted by Crippen LogP contribution is -2.08. The molecule has 6 rings (SSSR count). The van der Waals surface area contributed by atoms with Crippen LogP contribution in [-0.4, -0.2) is 0 Å². The first kappa shape index (κ1) is 21.6. The quantitative estimate of drug-likeness (QED) is 0.164. The second-order valence-electron chi connectivity index (χ2n) is 10.2. The van der Waals surface area contributed by atoms with Gasteiger partial charge in [0, 0.05) is 29.9 Å². The van der Waals surface area contributed by atoms with Crippen molar-refractivity contribution in [1.82, 2.24) is 0 Å². The van der Waals surface area contributed by atoms with E-state index in [1.54, 1.807) is 9.75 Å². The lowest BCUT2D eigenvalue weighted by Gasteiger charge is -2.20. The predicted octanol–water partition coefficient (Wildman–Crippen LogP) is 10.7. The molecule has 0 N–H and O–H groups in total. The lowest BCUT2D eigenvalue weighted by molar-refractivity contribution is 0.358. The van der Waals surface area contributed by atoms with E-state index in [-0.39, 0.29) is 0 Å². The molecule has 1 aliphatic carbocycles. The molecule has 1 fully saturated rings. The van der Waals surface area contributed by atoms with Crippen molar-refractivity contribution in [3.63, 3.8) is 0 Å². The minimum atomic E-state index is 0.905. The zero-order valence-electron chi connectivity index (χ0n) is 19.8. The van der Waals surface area contributed by atoms with Crippen LogP contribution in [0.2, 0.25) is 0 Å². The minimum absolute atomic E-state index is 0.905. The average molecular weight is 471 g/mol. The van der Waals surface area contributed by atoms with Crippen LogP contribution in [0.3, 0.4) is 0 Å². The van der Waals surface area contributed by atoms with Crippen LogP contribution in [0.5, 0.6) is 0 Å². The van der Waals surface area contributed by atoms with Gasteiger partial charge in [-0.15, -0.1) is 22.7 Å². The fraction of sp³-hybridized carbons (Fsp3) is 0.419. The molecule has 33 heavy (non-hydrogen) atoms. The number of hydrogen-bond donors (Lipinski definition) is 0. The van der Waals surface area contributed by atoms with Crippen molar-refractivity contribution in [2.75, 3.05) is 0 Å². The molecule has 0 radical (unpaired) electrons. The van der Waals surface area contributed by atoms with Crippen molar-refractivity contribution in [3.8, 4) is 0 Å². The average Bonchev–Trinajstić information content (AvgIpc) is 3.45.